The topological polar surface area (TPSA) is 79.2 Å². The highest BCUT2D eigenvalue weighted by Crippen LogP contribution is 2.26. The van der Waals surface area contributed by atoms with Crippen LogP contribution in [0.4, 0.5) is 0 Å². The number of ether oxygens (including phenoxy) is 2. The lowest BCUT2D eigenvalue weighted by Gasteiger charge is -2.23. The highest BCUT2D eigenvalue weighted by molar-refractivity contribution is 5.87. The molecule has 0 aliphatic heterocycles. The summed E-state index contributed by atoms with van der Waals surface area (Å²) in [5, 5.41) is 18.5. The standard InChI is InChI=1S/C19H23NO5/c1-24-17-7-6-16(18(11-17)25-2)13-20(8-9-21)12-14-4-3-5-15(10-14)19(22)23/h3-7,10-11,21H,8-9,12-13H2,1-2H3,(H,22,23). The summed E-state index contributed by atoms with van der Waals surface area (Å²) in [6.45, 7) is 1.56. The lowest BCUT2D eigenvalue weighted by molar-refractivity contribution is 0.0696. The highest BCUT2D eigenvalue weighted by Gasteiger charge is 2.12. The number of aliphatic hydroxyl groups excluding tert-OH is 1. The average molecular weight is 345 g/mol. The molecule has 6 nitrogen and oxygen atoms in total. The van der Waals surface area contributed by atoms with Gasteiger partial charge in [0.1, 0.15) is 11.5 Å². The molecule has 2 rings (SSSR count). The van der Waals surface area contributed by atoms with Crippen LogP contribution in [0.3, 0.4) is 0 Å². The molecule has 0 aliphatic carbocycles. The lowest BCUT2D eigenvalue weighted by atomic mass is 10.1. The maximum absolute atomic E-state index is 11.1. The molecule has 6 heteroatoms. The number of hydrogen-bond donors (Lipinski definition) is 2. The van der Waals surface area contributed by atoms with Gasteiger partial charge in [0.15, 0.2) is 0 Å². The molecule has 2 aromatic rings. The van der Waals surface area contributed by atoms with Crippen molar-refractivity contribution in [1.82, 2.24) is 4.90 Å². The third kappa shape index (κ3) is 5.20. The van der Waals surface area contributed by atoms with Crippen molar-refractivity contribution >= 4 is 5.97 Å². The van der Waals surface area contributed by atoms with Gasteiger partial charge in [-0.05, 0) is 23.8 Å². The molecule has 0 bridgehead atoms. The van der Waals surface area contributed by atoms with Crippen LogP contribution in [-0.4, -0.2) is 48.5 Å². The van der Waals surface area contributed by atoms with Crippen molar-refractivity contribution in [2.45, 2.75) is 13.1 Å². The minimum absolute atomic E-state index is 0.0110. The van der Waals surface area contributed by atoms with Crippen LogP contribution in [0.25, 0.3) is 0 Å². The zero-order chi connectivity index (χ0) is 18.2. The minimum Gasteiger partial charge on any atom is -0.497 e. The second-order valence-corrected chi connectivity index (χ2v) is 5.62. The predicted octanol–water partition coefficient (Wildman–Crippen LogP) is 2.40. The first kappa shape index (κ1) is 18.8. The van der Waals surface area contributed by atoms with E-state index in [2.05, 4.69) is 0 Å². The van der Waals surface area contributed by atoms with Crippen LogP contribution in [0.5, 0.6) is 11.5 Å². The molecule has 0 aromatic heterocycles. The molecule has 134 valence electrons. The average Bonchev–Trinajstić information content (AvgIpc) is 2.62. The van der Waals surface area contributed by atoms with E-state index in [0.29, 0.717) is 31.1 Å². The Kier molecular flexibility index (Phi) is 6.80. The summed E-state index contributed by atoms with van der Waals surface area (Å²) >= 11 is 0. The second-order valence-electron chi connectivity index (χ2n) is 5.62. The Labute approximate surface area is 147 Å². The molecule has 0 aliphatic rings. The SMILES string of the molecule is COc1ccc(CN(CCO)Cc2cccc(C(=O)O)c2)c(OC)c1. The third-order valence-corrected chi connectivity index (χ3v) is 3.88. The molecule has 25 heavy (non-hydrogen) atoms. The molecular formula is C19H23NO5. The van der Waals surface area contributed by atoms with E-state index in [-0.39, 0.29) is 12.2 Å². The van der Waals surface area contributed by atoms with Crippen molar-refractivity contribution in [3.8, 4) is 11.5 Å². The fraction of sp³-hybridized carbons (Fsp3) is 0.316. The first-order valence-corrected chi connectivity index (χ1v) is 7.93. The maximum atomic E-state index is 11.1. The minimum atomic E-state index is -0.951. The summed E-state index contributed by atoms with van der Waals surface area (Å²) in [6.07, 6.45) is 0. The van der Waals surface area contributed by atoms with Crippen molar-refractivity contribution in [1.29, 1.82) is 0 Å². The molecule has 0 atom stereocenters. The number of carbonyl (C=O) groups is 1. The van der Waals surface area contributed by atoms with E-state index in [4.69, 9.17) is 14.6 Å². The maximum Gasteiger partial charge on any atom is 0.335 e. The number of carboxylic acids is 1. The number of nitrogens with zero attached hydrogens (tertiary/aromatic N) is 1. The highest BCUT2D eigenvalue weighted by atomic mass is 16.5. The van der Waals surface area contributed by atoms with Gasteiger partial charge in [-0.3, -0.25) is 4.90 Å². The zero-order valence-electron chi connectivity index (χ0n) is 14.4. The molecule has 0 unspecified atom stereocenters. The van der Waals surface area contributed by atoms with Gasteiger partial charge in [-0.15, -0.1) is 0 Å². The normalized spacial score (nSPS) is 10.7. The molecule has 0 spiro atoms. The fourth-order valence-corrected chi connectivity index (χ4v) is 2.64. The van der Waals surface area contributed by atoms with Gasteiger partial charge in [0.2, 0.25) is 0 Å². The fourth-order valence-electron chi connectivity index (χ4n) is 2.64. The number of rotatable bonds is 9. The Hall–Kier alpha value is -2.57. The van der Waals surface area contributed by atoms with E-state index in [0.717, 1.165) is 11.1 Å². The van der Waals surface area contributed by atoms with Crippen LogP contribution in [0, 0.1) is 0 Å². The van der Waals surface area contributed by atoms with Gasteiger partial charge < -0.3 is 19.7 Å². The van der Waals surface area contributed by atoms with Gasteiger partial charge in [-0.2, -0.15) is 0 Å². The quantitative estimate of drug-likeness (QED) is 0.726. The monoisotopic (exact) mass is 345 g/mol. The molecule has 0 heterocycles. The van der Waals surface area contributed by atoms with E-state index in [1.165, 1.54) is 0 Å². The Morgan fingerprint density at radius 2 is 1.88 bits per heavy atom. The van der Waals surface area contributed by atoms with Gasteiger partial charge in [0.05, 0.1) is 26.4 Å². The zero-order valence-corrected chi connectivity index (χ0v) is 14.4. The van der Waals surface area contributed by atoms with Crippen LogP contribution in [-0.2, 0) is 13.1 Å². The molecule has 2 aromatic carbocycles. The Balaban J connectivity index is 2.18. The van der Waals surface area contributed by atoms with E-state index < -0.39 is 5.97 Å². The van der Waals surface area contributed by atoms with Crippen molar-refractivity contribution in [3.05, 3.63) is 59.2 Å². The predicted molar refractivity (Wildman–Crippen MR) is 94.1 cm³/mol. The van der Waals surface area contributed by atoms with Gasteiger partial charge in [0, 0.05) is 31.3 Å². The van der Waals surface area contributed by atoms with Crippen molar-refractivity contribution in [3.63, 3.8) is 0 Å². The Morgan fingerprint density at radius 3 is 2.52 bits per heavy atom. The lowest BCUT2D eigenvalue weighted by Crippen LogP contribution is -2.26. The van der Waals surface area contributed by atoms with Gasteiger partial charge in [-0.25, -0.2) is 4.79 Å². The summed E-state index contributed by atoms with van der Waals surface area (Å²) in [6, 6.07) is 12.4. The second kappa shape index (κ2) is 9.05. The van der Waals surface area contributed by atoms with Crippen LogP contribution in [0.2, 0.25) is 0 Å². The van der Waals surface area contributed by atoms with Crippen LogP contribution in [0.1, 0.15) is 21.5 Å². The first-order valence-electron chi connectivity index (χ1n) is 7.93. The molecule has 0 fully saturated rings. The largest absolute Gasteiger partial charge is 0.497 e. The van der Waals surface area contributed by atoms with Crippen molar-refractivity contribution in [2.24, 2.45) is 0 Å². The number of aromatic carboxylic acids is 1. The van der Waals surface area contributed by atoms with Crippen LogP contribution >= 0.6 is 0 Å². The smallest absolute Gasteiger partial charge is 0.335 e. The number of methoxy groups -OCH3 is 2. The molecule has 0 amide bonds. The van der Waals surface area contributed by atoms with Gasteiger partial charge in [-0.1, -0.05) is 18.2 Å². The van der Waals surface area contributed by atoms with E-state index in [9.17, 15) is 9.90 Å². The van der Waals surface area contributed by atoms with Gasteiger partial charge in [0.25, 0.3) is 0 Å². The summed E-state index contributed by atoms with van der Waals surface area (Å²) in [7, 11) is 3.20. The summed E-state index contributed by atoms with van der Waals surface area (Å²) in [4.78, 5) is 13.2. The number of aliphatic hydroxyl groups is 1. The molecule has 0 radical (unpaired) electrons. The molecular weight excluding hydrogens is 322 g/mol. The summed E-state index contributed by atoms with van der Waals surface area (Å²) in [5.41, 5.74) is 2.09. The summed E-state index contributed by atoms with van der Waals surface area (Å²) < 4.78 is 10.6. The van der Waals surface area contributed by atoms with Crippen molar-refractivity contribution in [2.75, 3.05) is 27.4 Å². The third-order valence-electron chi connectivity index (χ3n) is 3.88. The number of benzene rings is 2. The first-order chi connectivity index (χ1) is 12.1. The Bertz CT molecular complexity index is 717. The number of hydrogen-bond acceptors (Lipinski definition) is 5. The number of carboxylic acid groups (broad SMARTS) is 1. The van der Waals surface area contributed by atoms with E-state index in [1.54, 1.807) is 32.4 Å². The molecule has 0 saturated carbocycles. The summed E-state index contributed by atoms with van der Waals surface area (Å²) in [5.74, 6) is 0.470. The molecule has 0 saturated heterocycles. The van der Waals surface area contributed by atoms with Crippen LogP contribution < -0.4 is 9.47 Å². The van der Waals surface area contributed by atoms with E-state index >= 15 is 0 Å². The van der Waals surface area contributed by atoms with E-state index in [1.807, 2.05) is 29.2 Å². The van der Waals surface area contributed by atoms with Gasteiger partial charge >= 0.3 is 5.97 Å². The Morgan fingerprint density at radius 1 is 1.08 bits per heavy atom. The van der Waals surface area contributed by atoms with Crippen molar-refractivity contribution < 1.29 is 24.5 Å². The van der Waals surface area contributed by atoms with Crippen LogP contribution in [0.15, 0.2) is 42.5 Å². The molecule has 2 N–H and O–H groups in total.